The summed E-state index contributed by atoms with van der Waals surface area (Å²) in [5.74, 6) is -0.251. The zero-order valence-corrected chi connectivity index (χ0v) is 13.4. The zero-order chi connectivity index (χ0) is 14.9. The van der Waals surface area contributed by atoms with Crippen LogP contribution in [0.4, 0.5) is 4.39 Å². The summed E-state index contributed by atoms with van der Waals surface area (Å²) in [7, 11) is 0. The first-order valence-corrected chi connectivity index (χ1v) is 7.64. The molecule has 2 aromatic carbocycles. The quantitative estimate of drug-likeness (QED) is 0.791. The molecular formula is C15H14Cl2FNS. The van der Waals surface area contributed by atoms with Crippen molar-refractivity contribution in [3.05, 3.63) is 57.3 Å². The van der Waals surface area contributed by atoms with Crippen molar-refractivity contribution in [2.24, 2.45) is 5.73 Å². The first-order chi connectivity index (χ1) is 9.38. The van der Waals surface area contributed by atoms with Gasteiger partial charge in [0.25, 0.3) is 0 Å². The molecule has 0 radical (unpaired) electrons. The van der Waals surface area contributed by atoms with Gasteiger partial charge in [0, 0.05) is 20.9 Å². The van der Waals surface area contributed by atoms with Crippen LogP contribution < -0.4 is 5.73 Å². The normalized spacial score (nSPS) is 12.5. The van der Waals surface area contributed by atoms with Crippen LogP contribution in [0.2, 0.25) is 10.0 Å². The van der Waals surface area contributed by atoms with Gasteiger partial charge in [-0.3, -0.25) is 0 Å². The van der Waals surface area contributed by atoms with Gasteiger partial charge in [-0.1, -0.05) is 35.0 Å². The van der Waals surface area contributed by atoms with Gasteiger partial charge in [0.15, 0.2) is 0 Å². The molecule has 0 fully saturated rings. The van der Waals surface area contributed by atoms with Crippen LogP contribution in [0.15, 0.2) is 40.1 Å². The van der Waals surface area contributed by atoms with Crippen LogP contribution in [-0.2, 0) is 0 Å². The summed E-state index contributed by atoms with van der Waals surface area (Å²) in [6.45, 7) is 3.55. The topological polar surface area (TPSA) is 26.0 Å². The lowest BCUT2D eigenvalue weighted by Crippen LogP contribution is -2.07. The molecule has 1 nitrogen and oxygen atoms in total. The zero-order valence-electron chi connectivity index (χ0n) is 11.1. The summed E-state index contributed by atoms with van der Waals surface area (Å²) < 4.78 is 13.7. The molecule has 5 heteroatoms. The van der Waals surface area contributed by atoms with Gasteiger partial charge in [0.2, 0.25) is 0 Å². The highest BCUT2D eigenvalue weighted by molar-refractivity contribution is 7.99. The van der Waals surface area contributed by atoms with Gasteiger partial charge in [-0.05, 0) is 55.3 Å². The third-order valence-corrected chi connectivity index (χ3v) is 4.70. The molecule has 2 rings (SSSR count). The van der Waals surface area contributed by atoms with E-state index in [1.807, 2.05) is 6.92 Å². The molecule has 0 saturated carbocycles. The molecule has 0 aliphatic carbocycles. The molecule has 0 aliphatic heterocycles. The molecule has 0 spiro atoms. The number of halogens is 3. The van der Waals surface area contributed by atoms with Gasteiger partial charge in [0.1, 0.15) is 5.82 Å². The van der Waals surface area contributed by atoms with E-state index >= 15 is 0 Å². The molecule has 0 aliphatic rings. The second-order valence-corrected chi connectivity index (χ2v) is 6.53. The Hall–Kier alpha value is -0.740. The number of hydrogen-bond donors (Lipinski definition) is 1. The summed E-state index contributed by atoms with van der Waals surface area (Å²) in [6.07, 6.45) is 0. The molecule has 1 atom stereocenters. The van der Waals surface area contributed by atoms with E-state index in [9.17, 15) is 4.39 Å². The average Bonchev–Trinajstić information content (AvgIpc) is 2.37. The van der Waals surface area contributed by atoms with Crippen molar-refractivity contribution in [3.63, 3.8) is 0 Å². The number of benzene rings is 2. The van der Waals surface area contributed by atoms with E-state index in [1.54, 1.807) is 31.2 Å². The standard InChI is InChI=1S/C15H14Cl2FNS/c1-8-5-14(11(9(2)19)7-13(8)18)20-15-6-10(16)3-4-12(15)17/h3-7,9H,19H2,1-2H3. The maximum Gasteiger partial charge on any atom is 0.126 e. The van der Waals surface area contributed by atoms with Crippen molar-refractivity contribution in [2.75, 3.05) is 0 Å². The highest BCUT2D eigenvalue weighted by Crippen LogP contribution is 2.38. The number of rotatable bonds is 3. The molecule has 1 unspecified atom stereocenters. The largest absolute Gasteiger partial charge is 0.324 e. The fraction of sp³-hybridized carbons (Fsp3) is 0.200. The molecule has 0 amide bonds. The average molecular weight is 330 g/mol. The second kappa shape index (κ2) is 6.35. The van der Waals surface area contributed by atoms with Crippen LogP contribution in [0.3, 0.4) is 0 Å². The highest BCUT2D eigenvalue weighted by Gasteiger charge is 2.13. The number of nitrogens with two attached hydrogens (primary N) is 1. The SMILES string of the molecule is Cc1cc(Sc2cc(Cl)ccc2Cl)c(C(C)N)cc1F. The van der Waals surface area contributed by atoms with E-state index in [4.69, 9.17) is 28.9 Å². The molecular weight excluding hydrogens is 316 g/mol. The molecule has 0 saturated heterocycles. The lowest BCUT2D eigenvalue weighted by molar-refractivity contribution is 0.610. The Kier molecular flexibility index (Phi) is 4.97. The summed E-state index contributed by atoms with van der Waals surface area (Å²) in [4.78, 5) is 1.72. The minimum Gasteiger partial charge on any atom is -0.324 e. The molecule has 0 heterocycles. The summed E-state index contributed by atoms with van der Waals surface area (Å²) in [5, 5.41) is 1.22. The van der Waals surface area contributed by atoms with Crippen LogP contribution in [0.5, 0.6) is 0 Å². The predicted molar refractivity (Wildman–Crippen MR) is 84.3 cm³/mol. The molecule has 0 bridgehead atoms. The van der Waals surface area contributed by atoms with Crippen LogP contribution in [-0.4, -0.2) is 0 Å². The van der Waals surface area contributed by atoms with E-state index in [2.05, 4.69) is 0 Å². The Bertz CT molecular complexity index is 644. The van der Waals surface area contributed by atoms with Crippen molar-refractivity contribution in [3.8, 4) is 0 Å². The Morgan fingerprint density at radius 3 is 2.50 bits per heavy atom. The summed E-state index contributed by atoms with van der Waals surface area (Å²) in [6, 6.07) is 8.28. The molecule has 0 aromatic heterocycles. The van der Waals surface area contributed by atoms with Crippen LogP contribution in [0, 0.1) is 12.7 Å². The van der Waals surface area contributed by atoms with Crippen molar-refractivity contribution < 1.29 is 4.39 Å². The van der Waals surface area contributed by atoms with E-state index in [-0.39, 0.29) is 11.9 Å². The maximum atomic E-state index is 13.7. The fourth-order valence-corrected chi connectivity index (χ4v) is 3.45. The Morgan fingerprint density at radius 2 is 1.85 bits per heavy atom. The summed E-state index contributed by atoms with van der Waals surface area (Å²) in [5.41, 5.74) is 7.25. The Balaban J connectivity index is 2.47. The van der Waals surface area contributed by atoms with Crippen LogP contribution in [0.25, 0.3) is 0 Å². The molecule has 2 N–H and O–H groups in total. The first kappa shape index (κ1) is 15.6. The van der Waals surface area contributed by atoms with Crippen molar-refractivity contribution in [1.82, 2.24) is 0 Å². The van der Waals surface area contributed by atoms with Crippen molar-refractivity contribution in [2.45, 2.75) is 29.7 Å². The number of hydrogen-bond acceptors (Lipinski definition) is 2. The molecule has 2 aromatic rings. The Labute approximate surface area is 132 Å². The van der Waals surface area contributed by atoms with Gasteiger partial charge >= 0.3 is 0 Å². The van der Waals surface area contributed by atoms with Crippen LogP contribution in [0.1, 0.15) is 24.1 Å². The Morgan fingerprint density at radius 1 is 1.15 bits per heavy atom. The van der Waals surface area contributed by atoms with E-state index in [0.29, 0.717) is 15.6 Å². The lowest BCUT2D eigenvalue weighted by Gasteiger charge is -2.14. The molecule has 106 valence electrons. The van der Waals surface area contributed by atoms with Gasteiger partial charge < -0.3 is 5.73 Å². The summed E-state index contributed by atoms with van der Waals surface area (Å²) >= 11 is 13.6. The lowest BCUT2D eigenvalue weighted by atomic mass is 10.1. The monoisotopic (exact) mass is 329 g/mol. The van der Waals surface area contributed by atoms with Crippen LogP contribution >= 0.6 is 35.0 Å². The third kappa shape index (κ3) is 3.47. The third-order valence-electron chi connectivity index (χ3n) is 2.89. The van der Waals surface area contributed by atoms with E-state index < -0.39 is 0 Å². The fourth-order valence-electron chi connectivity index (χ4n) is 1.79. The first-order valence-electron chi connectivity index (χ1n) is 6.07. The maximum absolute atomic E-state index is 13.7. The highest BCUT2D eigenvalue weighted by atomic mass is 35.5. The van der Waals surface area contributed by atoms with Gasteiger partial charge in [0.05, 0.1) is 5.02 Å². The van der Waals surface area contributed by atoms with Gasteiger partial charge in [-0.25, -0.2) is 4.39 Å². The smallest absolute Gasteiger partial charge is 0.126 e. The van der Waals surface area contributed by atoms with E-state index in [1.165, 1.54) is 17.8 Å². The van der Waals surface area contributed by atoms with Gasteiger partial charge in [-0.2, -0.15) is 0 Å². The predicted octanol–water partition coefficient (Wildman–Crippen LogP) is 5.61. The van der Waals surface area contributed by atoms with E-state index in [0.717, 1.165) is 15.4 Å². The minimum atomic E-state index is -0.259. The van der Waals surface area contributed by atoms with Gasteiger partial charge in [-0.15, -0.1) is 0 Å². The van der Waals surface area contributed by atoms with Crippen molar-refractivity contribution >= 4 is 35.0 Å². The molecule has 20 heavy (non-hydrogen) atoms. The van der Waals surface area contributed by atoms with Crippen molar-refractivity contribution in [1.29, 1.82) is 0 Å². The number of aryl methyl sites for hydroxylation is 1. The second-order valence-electron chi connectivity index (χ2n) is 4.60. The minimum absolute atomic E-state index is 0.251.